The summed E-state index contributed by atoms with van der Waals surface area (Å²) in [6.45, 7) is 8.57. The van der Waals surface area contributed by atoms with Gasteiger partial charge in [-0.25, -0.2) is 4.31 Å². The molecule has 1 aliphatic carbocycles. The fourth-order valence-corrected chi connectivity index (χ4v) is 6.87. The number of carbonyl (C=O) groups is 1. The minimum absolute atomic E-state index is 0.0864. The van der Waals surface area contributed by atoms with Gasteiger partial charge in [-0.15, -0.1) is 13.2 Å². The van der Waals surface area contributed by atoms with Crippen molar-refractivity contribution in [1.29, 1.82) is 0 Å². The number of nitrogens with two attached hydrogens (primary N) is 1. The number of carbonyl (C=O) groups excluding carboxylic acids is 1. The summed E-state index contributed by atoms with van der Waals surface area (Å²) in [6, 6.07) is 10.7. The largest absolute Gasteiger partial charge is 0.760 e. The van der Waals surface area contributed by atoms with Gasteiger partial charge in [0.1, 0.15) is 12.4 Å². The number of ether oxygens (including phenoxy) is 1. The van der Waals surface area contributed by atoms with Crippen LogP contribution >= 0.6 is 11.6 Å². The van der Waals surface area contributed by atoms with E-state index in [-0.39, 0.29) is 23.9 Å². The highest BCUT2D eigenvalue weighted by molar-refractivity contribution is 7.76. The van der Waals surface area contributed by atoms with Crippen molar-refractivity contribution in [2.75, 3.05) is 31.1 Å². The Morgan fingerprint density at radius 3 is 2.70 bits per heavy atom. The normalized spacial score (nSPS) is 21.3. The van der Waals surface area contributed by atoms with Gasteiger partial charge in [-0.2, -0.15) is 0 Å². The Kier molecular flexibility index (Phi) is 12.0. The van der Waals surface area contributed by atoms with Gasteiger partial charge in [-0.1, -0.05) is 35.9 Å². The first-order valence-electron chi connectivity index (χ1n) is 15.1. The zero-order valence-electron chi connectivity index (χ0n) is 25.0. The summed E-state index contributed by atoms with van der Waals surface area (Å²) in [5.74, 6) is -0.208. The first-order valence-corrected chi connectivity index (χ1v) is 16.6. The molecular weight excluding hydrogens is 602 g/mol. The summed E-state index contributed by atoms with van der Waals surface area (Å²) in [5.41, 5.74) is 6.46. The van der Waals surface area contributed by atoms with Crippen molar-refractivity contribution in [1.82, 2.24) is 4.31 Å². The second kappa shape index (κ2) is 15.5. The molecule has 2 aromatic rings. The van der Waals surface area contributed by atoms with Crippen LogP contribution in [0.3, 0.4) is 0 Å². The minimum atomic E-state index is -2.69. The predicted molar refractivity (Wildman–Crippen MR) is 173 cm³/mol. The molecule has 5 atom stereocenters. The van der Waals surface area contributed by atoms with Gasteiger partial charge in [-0.3, -0.25) is 9.00 Å². The van der Waals surface area contributed by atoms with E-state index in [0.29, 0.717) is 49.0 Å². The van der Waals surface area contributed by atoms with Crippen LogP contribution in [0.15, 0.2) is 61.7 Å². The third kappa shape index (κ3) is 8.10. The molecule has 240 valence electrons. The van der Waals surface area contributed by atoms with E-state index in [2.05, 4.69) is 18.1 Å². The fraction of sp³-hybridized carbons (Fsp3) is 0.485. The number of halogens is 1. The smallest absolute Gasteiger partial charge is 0.255 e. The number of anilines is 1. The second-order valence-electron chi connectivity index (χ2n) is 11.8. The number of primary amides is 1. The van der Waals surface area contributed by atoms with Gasteiger partial charge in [0.2, 0.25) is 0 Å². The van der Waals surface area contributed by atoms with Gasteiger partial charge in [-0.05, 0) is 97.7 Å². The van der Waals surface area contributed by atoms with Gasteiger partial charge in [0, 0.05) is 35.9 Å². The molecule has 1 fully saturated rings. The van der Waals surface area contributed by atoms with E-state index in [9.17, 15) is 23.8 Å². The summed E-state index contributed by atoms with van der Waals surface area (Å²) in [5, 5.41) is 22.9. The van der Waals surface area contributed by atoms with E-state index >= 15 is 0 Å². The van der Waals surface area contributed by atoms with Crippen molar-refractivity contribution in [3.8, 4) is 5.75 Å². The Bertz CT molecular complexity index is 1360. The summed E-state index contributed by atoms with van der Waals surface area (Å²) in [4.78, 5) is 15.0. The highest BCUT2D eigenvalue weighted by atomic mass is 35.5. The molecular formula is C33H43ClN3O6S-. The van der Waals surface area contributed by atoms with Gasteiger partial charge >= 0.3 is 0 Å². The highest BCUT2D eigenvalue weighted by Gasteiger charge is 2.40. The van der Waals surface area contributed by atoms with Crippen molar-refractivity contribution < 1.29 is 28.5 Å². The van der Waals surface area contributed by atoms with Crippen LogP contribution in [0, 0.1) is 11.8 Å². The lowest BCUT2D eigenvalue weighted by atomic mass is 9.70. The number of fused-ring (bicyclic) bond motifs is 2. The van der Waals surface area contributed by atoms with E-state index < -0.39 is 35.4 Å². The SMILES string of the molecule is C=CCCCN(C[C@](O)(C(N)=O)c1ccc2c(c1)N(C[C@@H]1CC[C@H]1[C@@H](O)C=C)CCCCc1cc(Cl)ccc1CO2)S(=O)[O-]. The molecule has 44 heavy (non-hydrogen) atoms. The monoisotopic (exact) mass is 644 g/mol. The van der Waals surface area contributed by atoms with Crippen LogP contribution < -0.4 is 15.4 Å². The maximum atomic E-state index is 12.8. The van der Waals surface area contributed by atoms with E-state index in [1.54, 1.807) is 30.4 Å². The fourth-order valence-electron chi connectivity index (χ4n) is 6.11. The van der Waals surface area contributed by atoms with Crippen molar-refractivity contribution in [2.45, 2.75) is 63.3 Å². The number of aliphatic hydroxyl groups is 2. The van der Waals surface area contributed by atoms with Crippen molar-refractivity contribution in [3.63, 3.8) is 0 Å². The lowest BCUT2D eigenvalue weighted by Gasteiger charge is -2.42. The van der Waals surface area contributed by atoms with Crippen molar-refractivity contribution >= 4 is 34.5 Å². The number of hydrogen-bond donors (Lipinski definition) is 3. The second-order valence-corrected chi connectivity index (χ2v) is 13.1. The van der Waals surface area contributed by atoms with E-state index in [1.807, 2.05) is 18.2 Å². The number of hydrogen-bond acceptors (Lipinski definition) is 7. The quantitative estimate of drug-likeness (QED) is 0.167. The number of allylic oxidation sites excluding steroid dienone is 1. The van der Waals surface area contributed by atoms with Gasteiger partial charge < -0.3 is 30.1 Å². The lowest BCUT2D eigenvalue weighted by molar-refractivity contribution is -0.138. The van der Waals surface area contributed by atoms with Gasteiger partial charge in [0.15, 0.2) is 5.60 Å². The summed E-state index contributed by atoms with van der Waals surface area (Å²) >= 11 is 3.61. The molecule has 1 saturated carbocycles. The Labute approximate surface area is 267 Å². The highest BCUT2D eigenvalue weighted by Crippen LogP contribution is 2.41. The van der Waals surface area contributed by atoms with E-state index in [1.165, 1.54) is 0 Å². The maximum absolute atomic E-state index is 12.8. The van der Waals surface area contributed by atoms with Crippen LogP contribution in [0.25, 0.3) is 0 Å². The first-order chi connectivity index (χ1) is 21.1. The number of aliphatic hydroxyl groups excluding tert-OH is 1. The summed E-state index contributed by atoms with van der Waals surface area (Å²) in [7, 11) is 0. The third-order valence-electron chi connectivity index (χ3n) is 8.90. The molecule has 2 aromatic carbocycles. The summed E-state index contributed by atoms with van der Waals surface area (Å²) < 4.78 is 31.5. The van der Waals surface area contributed by atoms with Crippen molar-refractivity contribution in [3.05, 3.63) is 83.4 Å². The molecule has 9 nitrogen and oxygen atoms in total. The molecule has 0 saturated heterocycles. The average Bonchev–Trinajstić information content (AvgIpc) is 3.01. The molecule has 0 spiro atoms. The predicted octanol–water partition coefficient (Wildman–Crippen LogP) is 4.37. The van der Waals surface area contributed by atoms with Crippen LogP contribution in [-0.4, -0.2) is 61.5 Å². The number of amides is 1. The Balaban J connectivity index is 1.74. The topological polar surface area (TPSA) is 139 Å². The molecule has 1 amide bonds. The van der Waals surface area contributed by atoms with Crippen molar-refractivity contribution in [2.24, 2.45) is 17.6 Å². The molecule has 0 radical (unpaired) electrons. The first kappa shape index (κ1) is 34.1. The number of rotatable bonds is 13. The Hall–Kier alpha value is -2.73. The Morgan fingerprint density at radius 1 is 1.25 bits per heavy atom. The molecule has 4 rings (SSSR count). The van der Waals surface area contributed by atoms with E-state index in [0.717, 1.165) is 47.5 Å². The van der Waals surface area contributed by atoms with E-state index in [4.69, 9.17) is 22.1 Å². The molecule has 1 aliphatic heterocycles. The Morgan fingerprint density at radius 2 is 2.05 bits per heavy atom. The molecule has 1 unspecified atom stereocenters. The maximum Gasteiger partial charge on any atom is 0.255 e. The standard InChI is InChI=1S/C33H44ClN3O6S/c1-3-5-7-17-37(44(41)42)22-33(40,32(35)39)26-12-15-31-29(19-26)36(20-24-11-14-28(24)30(38)4-2)16-8-6-9-23-18-27(34)13-10-25(23)21-43-31/h3-4,10,12-13,15,18-19,24,28,30,38,40H,1-2,5-9,11,14,16-17,20-22H2,(H2,35,39)(H,41,42)/p-1/t24-,28+,30-,33+/m0/s1. The number of unbranched alkanes of at least 4 members (excludes halogenated alkanes) is 1. The van der Waals surface area contributed by atoms with Gasteiger partial charge in [0.25, 0.3) is 5.91 Å². The number of benzene rings is 2. The molecule has 0 bridgehead atoms. The molecule has 1 heterocycles. The number of aryl methyl sites for hydroxylation is 1. The van der Waals surface area contributed by atoms with Crippen LogP contribution in [0.5, 0.6) is 5.75 Å². The van der Waals surface area contributed by atoms with Gasteiger partial charge in [0.05, 0.1) is 18.3 Å². The molecule has 4 N–H and O–H groups in total. The molecule has 0 aromatic heterocycles. The zero-order valence-corrected chi connectivity index (χ0v) is 26.6. The zero-order chi connectivity index (χ0) is 31.9. The summed E-state index contributed by atoms with van der Waals surface area (Å²) in [6.07, 6.45) is 8.16. The third-order valence-corrected chi connectivity index (χ3v) is 9.87. The average molecular weight is 645 g/mol. The van der Waals surface area contributed by atoms with Crippen LogP contribution in [0.4, 0.5) is 5.69 Å². The van der Waals surface area contributed by atoms with Crippen LogP contribution in [0.1, 0.15) is 55.2 Å². The molecule has 11 heteroatoms. The minimum Gasteiger partial charge on any atom is -0.760 e. The van der Waals surface area contributed by atoms with Crippen LogP contribution in [-0.2, 0) is 34.7 Å². The lowest BCUT2D eigenvalue weighted by Crippen LogP contribution is -2.50. The molecule has 2 aliphatic rings. The van der Waals surface area contributed by atoms with Crippen LogP contribution in [0.2, 0.25) is 5.02 Å². The number of nitrogens with zero attached hydrogens (tertiary/aromatic N) is 2.